The zero-order valence-electron chi connectivity index (χ0n) is 60.6. The molecule has 0 saturated carbocycles. The second-order valence-corrected chi connectivity index (χ2v) is 29.3. The largest absolute Gasteiger partial charge is 0.472 e. The molecule has 2 N–H and O–H groups in total. The first-order valence-electron chi connectivity index (χ1n) is 39.1. The molecule has 0 aliphatic heterocycles. The molecule has 0 aliphatic rings. The number of phosphoric ester groups is 1. The predicted molar refractivity (Wildman–Crippen MR) is 392 cm³/mol. The maximum absolute atomic E-state index is 13.7. The van der Waals surface area contributed by atoms with Crippen molar-refractivity contribution in [1.82, 2.24) is 5.32 Å². The molecule has 0 fully saturated rings. The van der Waals surface area contributed by atoms with Gasteiger partial charge in [0.25, 0.3) is 0 Å². The van der Waals surface area contributed by atoms with Gasteiger partial charge in [-0.1, -0.05) is 358 Å². The van der Waals surface area contributed by atoms with Crippen molar-refractivity contribution < 1.29 is 37.3 Å². The number of likely N-dealkylation sites (N-methyl/N-ethyl adjacent to an activating group) is 1. The fourth-order valence-electron chi connectivity index (χ4n) is 11.7. The van der Waals surface area contributed by atoms with E-state index in [0.717, 1.165) is 83.5 Å². The van der Waals surface area contributed by atoms with Crippen LogP contribution in [0, 0.1) is 0 Å². The molecule has 0 radical (unpaired) electrons. The zero-order chi connectivity index (χ0) is 65.6. The van der Waals surface area contributed by atoms with Crippen molar-refractivity contribution in [2.45, 2.75) is 399 Å². The van der Waals surface area contributed by atoms with Crippen LogP contribution in [0.25, 0.3) is 0 Å². The highest BCUT2D eigenvalue weighted by Gasteiger charge is 2.30. The number of hydrogen-bond acceptors (Lipinski definition) is 6. The molecule has 1 amide bonds. The van der Waals surface area contributed by atoms with Gasteiger partial charge in [-0.25, -0.2) is 4.57 Å². The number of carbonyl (C=O) groups excluding carboxylic acids is 2. The molecule has 0 aromatic rings. The van der Waals surface area contributed by atoms with Crippen molar-refractivity contribution >= 4 is 19.7 Å². The third kappa shape index (κ3) is 70.0. The molecule has 0 aromatic carbocycles. The molecule has 90 heavy (non-hydrogen) atoms. The van der Waals surface area contributed by atoms with Crippen LogP contribution < -0.4 is 5.32 Å². The van der Waals surface area contributed by atoms with E-state index in [4.69, 9.17) is 13.8 Å². The summed E-state index contributed by atoms with van der Waals surface area (Å²) in [5.74, 6) is -0.494. The summed E-state index contributed by atoms with van der Waals surface area (Å²) in [6.07, 6.45) is 91.1. The number of allylic oxidation sites excluding steroid dienone is 9. The highest BCUT2D eigenvalue weighted by Crippen LogP contribution is 2.43. The molecule has 0 rings (SSSR count). The number of carbonyl (C=O) groups is 2. The molecule has 0 heterocycles. The van der Waals surface area contributed by atoms with Gasteiger partial charge in [0, 0.05) is 12.8 Å². The Balaban J connectivity index is 4.94. The minimum Gasteiger partial charge on any atom is -0.456 e. The lowest BCUT2D eigenvalue weighted by Gasteiger charge is -2.27. The Kier molecular flexibility index (Phi) is 67.8. The van der Waals surface area contributed by atoms with Crippen molar-refractivity contribution in [3.8, 4) is 0 Å². The number of rotatable bonds is 72. The molecule has 3 unspecified atom stereocenters. The summed E-state index contributed by atoms with van der Waals surface area (Å²) in [6.45, 7) is 7.04. The van der Waals surface area contributed by atoms with Gasteiger partial charge < -0.3 is 19.4 Å². The van der Waals surface area contributed by atoms with Gasteiger partial charge in [0.2, 0.25) is 5.91 Å². The number of ether oxygens (including phenoxy) is 1. The number of quaternary nitrogens is 1. The molecule has 0 saturated heterocycles. The Bertz CT molecular complexity index is 1720. The summed E-state index contributed by atoms with van der Waals surface area (Å²) < 4.78 is 30.9. The van der Waals surface area contributed by atoms with E-state index in [2.05, 4.69) is 74.7 Å². The lowest BCUT2D eigenvalue weighted by Crippen LogP contribution is -2.47. The molecule has 0 bridgehead atoms. The van der Waals surface area contributed by atoms with Gasteiger partial charge in [-0.05, 0) is 76.7 Å². The van der Waals surface area contributed by atoms with E-state index < -0.39 is 20.0 Å². The topological polar surface area (TPSA) is 111 Å². The number of nitrogens with zero attached hydrogens (tertiary/aromatic N) is 1. The van der Waals surface area contributed by atoms with E-state index in [9.17, 15) is 19.0 Å². The average Bonchev–Trinajstić information content (AvgIpc) is 3.11. The molecule has 3 atom stereocenters. The number of unbranched alkanes of at least 4 members (excludes halogenated alkanes) is 48. The van der Waals surface area contributed by atoms with Gasteiger partial charge in [-0.3, -0.25) is 18.6 Å². The minimum absolute atomic E-state index is 0.0401. The van der Waals surface area contributed by atoms with Crippen LogP contribution in [0.15, 0.2) is 60.8 Å². The number of phosphoric acid groups is 1. The Morgan fingerprint density at radius 1 is 0.389 bits per heavy atom. The Morgan fingerprint density at radius 3 is 1.03 bits per heavy atom. The predicted octanol–water partition coefficient (Wildman–Crippen LogP) is 25.3. The summed E-state index contributed by atoms with van der Waals surface area (Å²) in [7, 11) is 1.51. The van der Waals surface area contributed by atoms with Crippen LogP contribution in [-0.2, 0) is 27.9 Å². The average molecular weight is 1290 g/mol. The second kappa shape index (κ2) is 69.5. The molecular weight excluding hydrogens is 1130 g/mol. The molecule has 10 heteroatoms. The smallest absolute Gasteiger partial charge is 0.456 e. The van der Waals surface area contributed by atoms with Crippen LogP contribution in [-0.4, -0.2) is 74.3 Å². The fraction of sp³-hybridized carbons (Fsp3) is 0.850. The standard InChI is InChI=1S/C80H151N2O7P/c1-7-10-13-16-19-22-25-28-30-32-34-36-38-40-41-43-44-46-48-50-52-54-57-60-63-66-69-72-79(83)81-77(76-88-90(85,86)87-75-74-82(4,5)6)78(71-68-65-62-59-56-27-24-21-18-15-12-9-3)89-80(84)73-70-67-64-61-58-55-53-51-49-47-45-42-39-37-35-33-31-29-26-23-20-17-14-11-8-2/h20,23,29,31,35,37,42,45,68,71,77-78H,7-19,21-22,24-28,30,32-34,36,38-41,43-44,46-67,69-70,72-76H2,1-6H3,(H-,81,83,85,86)/p+1/b23-20-,31-29-,37-35-,45-42-,71-68+. The van der Waals surface area contributed by atoms with Crippen molar-refractivity contribution in [3.05, 3.63) is 60.8 Å². The summed E-state index contributed by atoms with van der Waals surface area (Å²) in [4.78, 5) is 38.0. The fourth-order valence-corrected chi connectivity index (χ4v) is 12.4. The minimum atomic E-state index is -4.46. The first-order chi connectivity index (χ1) is 43.9. The summed E-state index contributed by atoms with van der Waals surface area (Å²) in [5.41, 5.74) is 0. The molecule has 0 spiro atoms. The first kappa shape index (κ1) is 87.7. The monoisotopic (exact) mass is 1280 g/mol. The van der Waals surface area contributed by atoms with Crippen LogP contribution >= 0.6 is 7.82 Å². The maximum atomic E-state index is 13.7. The zero-order valence-corrected chi connectivity index (χ0v) is 61.5. The summed E-state index contributed by atoms with van der Waals surface area (Å²) in [5, 5.41) is 3.08. The van der Waals surface area contributed by atoms with Crippen molar-refractivity contribution in [3.63, 3.8) is 0 Å². The molecule has 0 aromatic heterocycles. The third-order valence-corrected chi connectivity index (χ3v) is 18.7. The van der Waals surface area contributed by atoms with Crippen LogP contribution in [0.5, 0.6) is 0 Å². The van der Waals surface area contributed by atoms with Gasteiger partial charge in [0.05, 0.1) is 33.8 Å². The lowest BCUT2D eigenvalue weighted by atomic mass is 10.0. The quantitative estimate of drug-likeness (QED) is 0.0205. The second-order valence-electron chi connectivity index (χ2n) is 27.9. The molecule has 9 nitrogen and oxygen atoms in total. The van der Waals surface area contributed by atoms with Gasteiger partial charge in [0.1, 0.15) is 19.3 Å². The maximum Gasteiger partial charge on any atom is 0.472 e. The van der Waals surface area contributed by atoms with Crippen molar-refractivity contribution in [1.29, 1.82) is 0 Å². The van der Waals surface area contributed by atoms with Crippen LogP contribution in [0.1, 0.15) is 387 Å². The van der Waals surface area contributed by atoms with Crippen LogP contribution in [0.4, 0.5) is 0 Å². The van der Waals surface area contributed by atoms with Gasteiger partial charge in [0.15, 0.2) is 0 Å². The summed E-state index contributed by atoms with van der Waals surface area (Å²) >= 11 is 0. The number of nitrogens with one attached hydrogen (secondary N) is 1. The van der Waals surface area contributed by atoms with E-state index >= 15 is 0 Å². The highest BCUT2D eigenvalue weighted by molar-refractivity contribution is 7.47. The molecule has 528 valence electrons. The van der Waals surface area contributed by atoms with Gasteiger partial charge in [-0.2, -0.15) is 0 Å². The first-order valence-corrected chi connectivity index (χ1v) is 40.6. The van der Waals surface area contributed by atoms with Gasteiger partial charge in [-0.15, -0.1) is 0 Å². The normalized spacial score (nSPS) is 13.7. The number of amides is 1. The number of hydrogen-bond donors (Lipinski definition) is 2. The lowest BCUT2D eigenvalue weighted by molar-refractivity contribution is -0.870. The SMILES string of the molecule is CCCCC/C=C\C/C=C\C/C=C\C/C=C\CCCCCCCCCCCC(=O)OC(/C=C/CCCCCCCCCCCC)C(COP(=O)(O)OCC[N+](C)(C)C)NC(=O)CCCCCCCCCCCCCCCCCCCCCCCCCCCCC. The van der Waals surface area contributed by atoms with Gasteiger partial charge >= 0.3 is 13.8 Å². The van der Waals surface area contributed by atoms with E-state index in [1.165, 1.54) is 270 Å². The van der Waals surface area contributed by atoms with Crippen molar-refractivity contribution in [2.24, 2.45) is 0 Å². The van der Waals surface area contributed by atoms with Crippen molar-refractivity contribution in [2.75, 3.05) is 40.9 Å². The molecule has 0 aliphatic carbocycles. The van der Waals surface area contributed by atoms with E-state index in [-0.39, 0.29) is 31.5 Å². The Morgan fingerprint density at radius 2 is 0.678 bits per heavy atom. The van der Waals surface area contributed by atoms with E-state index in [1.807, 2.05) is 33.3 Å². The molecular formula is C80H152N2O7P+. The van der Waals surface area contributed by atoms with Crippen LogP contribution in [0.3, 0.4) is 0 Å². The Labute approximate surface area is 560 Å². The highest BCUT2D eigenvalue weighted by atomic mass is 31.2. The van der Waals surface area contributed by atoms with E-state index in [0.29, 0.717) is 17.4 Å². The Hall–Kier alpha value is -2.29. The third-order valence-electron chi connectivity index (χ3n) is 17.7. The number of esters is 1. The van der Waals surface area contributed by atoms with E-state index in [1.54, 1.807) is 0 Å². The summed E-state index contributed by atoms with van der Waals surface area (Å²) in [6, 6.07) is -0.852. The van der Waals surface area contributed by atoms with Crippen LogP contribution in [0.2, 0.25) is 0 Å².